The van der Waals surface area contributed by atoms with Crippen molar-refractivity contribution in [2.45, 2.75) is 29.7 Å². The van der Waals surface area contributed by atoms with E-state index in [1.54, 1.807) is 19.9 Å². The Balaban J connectivity index is 3.36. The summed E-state index contributed by atoms with van der Waals surface area (Å²) < 4.78 is 59.8. The monoisotopic (exact) mass is 281 g/mol. The van der Waals surface area contributed by atoms with E-state index in [1.807, 2.05) is 0 Å². The van der Waals surface area contributed by atoms with Gasteiger partial charge in [0.15, 0.2) is 0 Å². The van der Waals surface area contributed by atoms with E-state index in [4.69, 9.17) is 5.73 Å². The van der Waals surface area contributed by atoms with Crippen LogP contribution in [0.15, 0.2) is 29.2 Å². The molecule has 0 heterocycles. The normalized spacial score (nSPS) is 13.7. The first kappa shape index (κ1) is 15.0. The van der Waals surface area contributed by atoms with E-state index in [9.17, 15) is 21.6 Å². The highest BCUT2D eigenvalue weighted by Crippen LogP contribution is 2.32. The van der Waals surface area contributed by atoms with Gasteiger partial charge in [0.25, 0.3) is 9.84 Å². The molecule has 3 nitrogen and oxygen atoms in total. The van der Waals surface area contributed by atoms with Gasteiger partial charge < -0.3 is 5.73 Å². The average Bonchev–Trinajstić information content (AvgIpc) is 2.27. The maximum atomic E-state index is 12.4. The summed E-state index contributed by atoms with van der Waals surface area (Å²) in [6, 6.07) is 4.79. The fourth-order valence-corrected chi connectivity index (χ4v) is 2.14. The number of nitrogens with two attached hydrogens (primary N) is 1. The summed E-state index contributed by atoms with van der Waals surface area (Å²) in [5, 5.41) is 0. The molecule has 0 amide bonds. The Morgan fingerprint density at radius 3 is 2.22 bits per heavy atom. The lowest BCUT2D eigenvalue weighted by molar-refractivity contribution is -0.0436. The largest absolute Gasteiger partial charge is 0.501 e. The van der Waals surface area contributed by atoms with Gasteiger partial charge in [-0.05, 0) is 17.7 Å². The van der Waals surface area contributed by atoms with Gasteiger partial charge in [0, 0.05) is 12.0 Å². The molecule has 0 aliphatic carbocycles. The van der Waals surface area contributed by atoms with Crippen molar-refractivity contribution >= 4 is 9.84 Å². The number of hydrogen-bond donors (Lipinski definition) is 1. The zero-order valence-electron chi connectivity index (χ0n) is 9.95. The summed E-state index contributed by atoms with van der Waals surface area (Å²) in [7, 11) is -5.31. The second-order valence-corrected chi connectivity index (χ2v) is 6.51. The molecule has 1 aromatic carbocycles. The Kier molecular flexibility index (Phi) is 3.78. The van der Waals surface area contributed by atoms with Crippen LogP contribution in [0.5, 0.6) is 0 Å². The Hall–Kier alpha value is -1.08. The van der Waals surface area contributed by atoms with Gasteiger partial charge in [0.2, 0.25) is 0 Å². The SMILES string of the molecule is CC(C)(CN)c1cccc(S(=O)(=O)C(F)(F)F)c1. The Bertz CT molecular complexity index is 535. The molecule has 0 fully saturated rings. The van der Waals surface area contributed by atoms with E-state index >= 15 is 0 Å². The van der Waals surface area contributed by atoms with Crippen LogP contribution in [0.2, 0.25) is 0 Å². The van der Waals surface area contributed by atoms with Gasteiger partial charge in [-0.25, -0.2) is 8.42 Å². The topological polar surface area (TPSA) is 60.2 Å². The average molecular weight is 281 g/mol. The number of halogens is 3. The lowest BCUT2D eigenvalue weighted by atomic mass is 9.85. The van der Waals surface area contributed by atoms with Crippen LogP contribution in [0, 0.1) is 0 Å². The summed E-state index contributed by atoms with van der Waals surface area (Å²) in [4.78, 5) is -0.756. The van der Waals surface area contributed by atoms with Crippen molar-refractivity contribution in [2.75, 3.05) is 6.54 Å². The summed E-state index contributed by atoms with van der Waals surface area (Å²) in [5.41, 5.74) is 0.0862. The molecule has 0 bridgehead atoms. The molecule has 0 atom stereocenters. The van der Waals surface area contributed by atoms with Crippen molar-refractivity contribution in [3.05, 3.63) is 29.8 Å². The van der Waals surface area contributed by atoms with Crippen LogP contribution < -0.4 is 5.73 Å². The standard InChI is InChI=1S/C11H14F3NO2S/c1-10(2,7-15)8-4-3-5-9(6-8)18(16,17)11(12,13)14/h3-6H,7,15H2,1-2H3. The minimum Gasteiger partial charge on any atom is -0.330 e. The van der Waals surface area contributed by atoms with Crippen molar-refractivity contribution in [3.8, 4) is 0 Å². The second-order valence-electron chi connectivity index (χ2n) is 4.57. The van der Waals surface area contributed by atoms with Crippen LogP contribution >= 0.6 is 0 Å². The number of alkyl halides is 3. The van der Waals surface area contributed by atoms with Crippen molar-refractivity contribution in [1.82, 2.24) is 0 Å². The Labute approximate surface area is 104 Å². The molecule has 0 aliphatic rings. The smallest absolute Gasteiger partial charge is 0.330 e. The van der Waals surface area contributed by atoms with Crippen molar-refractivity contribution in [2.24, 2.45) is 5.73 Å². The van der Waals surface area contributed by atoms with Gasteiger partial charge in [0.05, 0.1) is 4.90 Å². The van der Waals surface area contributed by atoms with Gasteiger partial charge in [-0.1, -0.05) is 26.0 Å². The first-order valence-corrected chi connectivity index (χ1v) is 6.62. The highest BCUT2D eigenvalue weighted by molar-refractivity contribution is 7.92. The molecule has 0 saturated heterocycles. The molecule has 1 aromatic rings. The fraction of sp³-hybridized carbons (Fsp3) is 0.455. The predicted molar refractivity (Wildman–Crippen MR) is 61.8 cm³/mol. The summed E-state index contributed by atoms with van der Waals surface area (Å²) >= 11 is 0. The van der Waals surface area contributed by atoms with Crippen LogP contribution in [0.3, 0.4) is 0 Å². The molecule has 0 spiro atoms. The molecule has 18 heavy (non-hydrogen) atoms. The Morgan fingerprint density at radius 2 is 1.78 bits per heavy atom. The molecular formula is C11H14F3NO2S. The first-order chi connectivity index (χ1) is 8.02. The maximum Gasteiger partial charge on any atom is 0.501 e. The van der Waals surface area contributed by atoms with Crippen molar-refractivity contribution < 1.29 is 21.6 Å². The van der Waals surface area contributed by atoms with Crippen LogP contribution in [0.4, 0.5) is 13.2 Å². The minimum absolute atomic E-state index is 0.197. The highest BCUT2D eigenvalue weighted by Gasteiger charge is 2.47. The molecule has 0 aliphatic heterocycles. The molecule has 0 unspecified atom stereocenters. The highest BCUT2D eigenvalue weighted by atomic mass is 32.2. The number of rotatable bonds is 3. The van der Waals surface area contributed by atoms with Crippen LogP contribution in [-0.2, 0) is 15.3 Å². The maximum absolute atomic E-state index is 12.4. The zero-order chi connectivity index (χ0) is 14.2. The number of hydrogen-bond acceptors (Lipinski definition) is 3. The van der Waals surface area contributed by atoms with E-state index in [1.165, 1.54) is 6.07 Å². The van der Waals surface area contributed by atoms with Gasteiger partial charge in [0.1, 0.15) is 0 Å². The number of benzene rings is 1. The summed E-state index contributed by atoms with van der Waals surface area (Å²) in [6.07, 6.45) is 0. The third-order valence-electron chi connectivity index (χ3n) is 2.74. The molecule has 7 heteroatoms. The molecule has 0 aromatic heterocycles. The van der Waals surface area contributed by atoms with Crippen molar-refractivity contribution in [1.29, 1.82) is 0 Å². The van der Waals surface area contributed by atoms with E-state index in [0.29, 0.717) is 5.56 Å². The molecule has 0 saturated carbocycles. The van der Waals surface area contributed by atoms with E-state index < -0.39 is 25.7 Å². The third-order valence-corrected chi connectivity index (χ3v) is 4.22. The minimum atomic E-state index is -5.31. The van der Waals surface area contributed by atoms with Crippen LogP contribution in [0.25, 0.3) is 0 Å². The molecule has 1 rings (SSSR count). The van der Waals surface area contributed by atoms with Gasteiger partial charge in [-0.15, -0.1) is 0 Å². The molecule has 2 N–H and O–H groups in total. The molecule has 102 valence electrons. The van der Waals surface area contributed by atoms with E-state index in [-0.39, 0.29) is 6.54 Å². The zero-order valence-corrected chi connectivity index (χ0v) is 10.8. The predicted octanol–water partition coefficient (Wildman–Crippen LogP) is 2.22. The Morgan fingerprint density at radius 1 is 1.22 bits per heavy atom. The van der Waals surface area contributed by atoms with Gasteiger partial charge in [-0.2, -0.15) is 13.2 Å². The first-order valence-electron chi connectivity index (χ1n) is 5.14. The molecular weight excluding hydrogens is 267 g/mol. The second kappa shape index (κ2) is 4.55. The van der Waals surface area contributed by atoms with Crippen LogP contribution in [-0.4, -0.2) is 20.5 Å². The quantitative estimate of drug-likeness (QED) is 0.924. The third kappa shape index (κ3) is 2.67. The molecule has 0 radical (unpaired) electrons. The summed E-state index contributed by atoms with van der Waals surface area (Å²) in [6.45, 7) is 3.65. The van der Waals surface area contributed by atoms with Gasteiger partial charge >= 0.3 is 5.51 Å². The fourth-order valence-electron chi connectivity index (χ4n) is 1.34. The number of sulfone groups is 1. The van der Waals surface area contributed by atoms with Gasteiger partial charge in [-0.3, -0.25) is 0 Å². The van der Waals surface area contributed by atoms with Crippen LogP contribution in [0.1, 0.15) is 19.4 Å². The lowest BCUT2D eigenvalue weighted by Crippen LogP contribution is -2.29. The lowest BCUT2D eigenvalue weighted by Gasteiger charge is -2.23. The summed E-state index contributed by atoms with van der Waals surface area (Å²) in [5.74, 6) is 0. The van der Waals surface area contributed by atoms with Crippen molar-refractivity contribution in [3.63, 3.8) is 0 Å². The van der Waals surface area contributed by atoms with E-state index in [0.717, 1.165) is 12.1 Å². The van der Waals surface area contributed by atoms with E-state index in [2.05, 4.69) is 0 Å².